The smallest absolute Gasteiger partial charge is 0.229 e. The molecule has 0 fully saturated rings. The SMILES string of the molecule is CCn1c(-c2ccnc(N)n2)nc2cnc(Nc3ccc(C)c(F)c3)nc21. The van der Waals surface area contributed by atoms with Crippen LogP contribution in [-0.4, -0.2) is 29.5 Å². The van der Waals surface area contributed by atoms with Crippen molar-refractivity contribution in [2.45, 2.75) is 20.4 Å². The van der Waals surface area contributed by atoms with Gasteiger partial charge in [0, 0.05) is 18.4 Å². The first-order valence-corrected chi connectivity index (χ1v) is 8.40. The molecule has 1 aromatic carbocycles. The van der Waals surface area contributed by atoms with Crippen molar-refractivity contribution >= 4 is 28.7 Å². The van der Waals surface area contributed by atoms with Crippen LogP contribution in [0.15, 0.2) is 36.7 Å². The highest BCUT2D eigenvalue weighted by Crippen LogP contribution is 2.24. The molecule has 0 atom stereocenters. The Kier molecular flexibility index (Phi) is 4.11. The highest BCUT2D eigenvalue weighted by atomic mass is 19.1. The number of rotatable bonds is 4. The van der Waals surface area contributed by atoms with E-state index in [1.165, 1.54) is 6.07 Å². The summed E-state index contributed by atoms with van der Waals surface area (Å²) in [6, 6.07) is 6.63. The number of halogens is 1. The molecule has 0 saturated carbocycles. The molecule has 3 heterocycles. The summed E-state index contributed by atoms with van der Waals surface area (Å²) in [5.41, 5.74) is 8.72. The number of nitrogen functional groups attached to an aromatic ring is 1. The van der Waals surface area contributed by atoms with Gasteiger partial charge in [0.25, 0.3) is 0 Å². The quantitative estimate of drug-likeness (QED) is 0.573. The minimum Gasteiger partial charge on any atom is -0.368 e. The topological polar surface area (TPSA) is 107 Å². The van der Waals surface area contributed by atoms with E-state index in [-0.39, 0.29) is 11.8 Å². The van der Waals surface area contributed by atoms with Crippen LogP contribution < -0.4 is 11.1 Å². The van der Waals surface area contributed by atoms with Gasteiger partial charge in [-0.15, -0.1) is 0 Å². The zero-order chi connectivity index (χ0) is 19.0. The number of hydrogen-bond donors (Lipinski definition) is 2. The maximum absolute atomic E-state index is 13.8. The van der Waals surface area contributed by atoms with Crippen molar-refractivity contribution < 1.29 is 4.39 Å². The molecule has 136 valence electrons. The summed E-state index contributed by atoms with van der Waals surface area (Å²) in [4.78, 5) is 21.5. The summed E-state index contributed by atoms with van der Waals surface area (Å²) in [5, 5.41) is 3.02. The predicted molar refractivity (Wildman–Crippen MR) is 101 cm³/mol. The summed E-state index contributed by atoms with van der Waals surface area (Å²) >= 11 is 0. The van der Waals surface area contributed by atoms with Gasteiger partial charge in [0.2, 0.25) is 11.9 Å². The van der Waals surface area contributed by atoms with Crippen molar-refractivity contribution in [3.63, 3.8) is 0 Å². The Morgan fingerprint density at radius 3 is 2.74 bits per heavy atom. The van der Waals surface area contributed by atoms with E-state index < -0.39 is 0 Å². The molecule has 9 heteroatoms. The zero-order valence-corrected chi connectivity index (χ0v) is 14.8. The van der Waals surface area contributed by atoms with Crippen LogP contribution in [0.25, 0.3) is 22.7 Å². The number of nitrogens with zero attached hydrogens (tertiary/aromatic N) is 6. The minimum atomic E-state index is -0.289. The number of hydrogen-bond acceptors (Lipinski definition) is 7. The number of imidazole rings is 1. The molecule has 0 aliphatic rings. The average molecular weight is 364 g/mol. The van der Waals surface area contributed by atoms with Crippen molar-refractivity contribution in [1.29, 1.82) is 0 Å². The molecule has 27 heavy (non-hydrogen) atoms. The highest BCUT2D eigenvalue weighted by molar-refractivity contribution is 5.77. The molecule has 0 spiro atoms. The molecule has 3 N–H and O–H groups in total. The predicted octanol–water partition coefficient (Wildman–Crippen LogP) is 3.08. The van der Waals surface area contributed by atoms with Crippen LogP contribution in [0.5, 0.6) is 0 Å². The molecule has 0 radical (unpaired) electrons. The van der Waals surface area contributed by atoms with Crippen molar-refractivity contribution in [2.75, 3.05) is 11.1 Å². The normalized spacial score (nSPS) is 11.1. The lowest BCUT2D eigenvalue weighted by Gasteiger charge is -2.07. The van der Waals surface area contributed by atoms with E-state index in [0.29, 0.717) is 46.4 Å². The highest BCUT2D eigenvalue weighted by Gasteiger charge is 2.15. The first-order valence-electron chi connectivity index (χ1n) is 8.40. The Bertz CT molecular complexity index is 1140. The molecule has 0 aliphatic heterocycles. The van der Waals surface area contributed by atoms with E-state index in [1.807, 2.05) is 11.5 Å². The van der Waals surface area contributed by atoms with Gasteiger partial charge in [0.05, 0.1) is 6.20 Å². The minimum absolute atomic E-state index is 0.178. The molecule has 4 aromatic rings. The number of nitrogens with two attached hydrogens (primary N) is 1. The first-order chi connectivity index (χ1) is 13.0. The third kappa shape index (κ3) is 3.14. The largest absolute Gasteiger partial charge is 0.368 e. The fourth-order valence-corrected chi connectivity index (χ4v) is 2.77. The molecule has 0 unspecified atom stereocenters. The van der Waals surface area contributed by atoms with Gasteiger partial charge in [0.15, 0.2) is 11.5 Å². The van der Waals surface area contributed by atoms with Crippen LogP contribution in [0.1, 0.15) is 12.5 Å². The number of benzene rings is 1. The first kappa shape index (κ1) is 16.8. The number of aromatic nitrogens is 6. The summed E-state index contributed by atoms with van der Waals surface area (Å²) in [6.45, 7) is 4.33. The van der Waals surface area contributed by atoms with Crippen molar-refractivity contribution in [3.05, 3.63) is 48.0 Å². The molecule has 0 bridgehead atoms. The van der Waals surface area contributed by atoms with Crippen LogP contribution in [0.2, 0.25) is 0 Å². The second-order valence-electron chi connectivity index (χ2n) is 5.97. The van der Waals surface area contributed by atoms with Gasteiger partial charge in [-0.1, -0.05) is 6.07 Å². The Balaban J connectivity index is 1.76. The molecule has 0 amide bonds. The van der Waals surface area contributed by atoms with Crippen molar-refractivity contribution in [3.8, 4) is 11.5 Å². The molecule has 8 nitrogen and oxygen atoms in total. The van der Waals surface area contributed by atoms with Gasteiger partial charge in [-0.2, -0.15) is 4.98 Å². The number of aryl methyl sites for hydroxylation is 2. The summed E-state index contributed by atoms with van der Waals surface area (Å²) < 4.78 is 15.7. The molecule has 0 saturated heterocycles. The molecule has 0 aliphatic carbocycles. The van der Waals surface area contributed by atoms with E-state index in [4.69, 9.17) is 5.73 Å². The van der Waals surface area contributed by atoms with E-state index >= 15 is 0 Å². The van der Waals surface area contributed by atoms with Crippen LogP contribution >= 0.6 is 0 Å². The van der Waals surface area contributed by atoms with Crippen LogP contribution in [-0.2, 0) is 6.54 Å². The van der Waals surface area contributed by atoms with Gasteiger partial charge in [0.1, 0.15) is 17.0 Å². The van der Waals surface area contributed by atoms with Crippen LogP contribution in [0.3, 0.4) is 0 Å². The number of fused-ring (bicyclic) bond motifs is 1. The van der Waals surface area contributed by atoms with Gasteiger partial charge in [-0.3, -0.25) is 0 Å². The zero-order valence-electron chi connectivity index (χ0n) is 14.8. The van der Waals surface area contributed by atoms with E-state index in [2.05, 4.69) is 30.2 Å². The third-order valence-electron chi connectivity index (χ3n) is 4.14. The van der Waals surface area contributed by atoms with Crippen molar-refractivity contribution in [2.24, 2.45) is 0 Å². The molecular weight excluding hydrogens is 347 g/mol. The number of anilines is 3. The van der Waals surface area contributed by atoms with E-state index in [0.717, 1.165) is 0 Å². The molecule has 3 aromatic heterocycles. The standard InChI is InChI=1S/C18H17FN8/c1-3-27-15(13-6-7-21-17(20)25-13)24-14-9-22-18(26-16(14)27)23-11-5-4-10(2)12(19)8-11/h4-9H,3H2,1-2H3,(H2,20,21,25)(H,22,23,26). The fourth-order valence-electron chi connectivity index (χ4n) is 2.77. The van der Waals surface area contributed by atoms with Crippen LogP contribution in [0, 0.1) is 12.7 Å². The van der Waals surface area contributed by atoms with Crippen molar-refractivity contribution in [1.82, 2.24) is 29.5 Å². The summed E-state index contributed by atoms with van der Waals surface area (Å²) in [5.74, 6) is 0.879. The Labute approximate surface area is 154 Å². The second-order valence-corrected chi connectivity index (χ2v) is 5.97. The molecule has 4 rings (SSSR count). The Morgan fingerprint density at radius 1 is 1.15 bits per heavy atom. The number of nitrogens with one attached hydrogen (secondary N) is 1. The van der Waals surface area contributed by atoms with E-state index in [9.17, 15) is 4.39 Å². The van der Waals surface area contributed by atoms with Crippen LogP contribution in [0.4, 0.5) is 22.0 Å². The maximum Gasteiger partial charge on any atom is 0.229 e. The summed E-state index contributed by atoms with van der Waals surface area (Å²) in [6.07, 6.45) is 3.21. The van der Waals surface area contributed by atoms with Gasteiger partial charge >= 0.3 is 0 Å². The van der Waals surface area contributed by atoms with Gasteiger partial charge in [-0.05, 0) is 37.6 Å². The van der Waals surface area contributed by atoms with Gasteiger partial charge < -0.3 is 15.6 Å². The lowest BCUT2D eigenvalue weighted by molar-refractivity contribution is 0.619. The average Bonchev–Trinajstić information content (AvgIpc) is 3.02. The molecular formula is C18H17FN8. The Hall–Kier alpha value is -3.62. The lowest BCUT2D eigenvalue weighted by Crippen LogP contribution is -2.03. The monoisotopic (exact) mass is 364 g/mol. The van der Waals surface area contributed by atoms with Gasteiger partial charge in [-0.25, -0.2) is 24.3 Å². The summed E-state index contributed by atoms with van der Waals surface area (Å²) in [7, 11) is 0. The maximum atomic E-state index is 13.8. The third-order valence-corrected chi connectivity index (χ3v) is 4.14. The second kappa shape index (κ2) is 6.60. The lowest BCUT2D eigenvalue weighted by atomic mass is 10.2. The Morgan fingerprint density at radius 2 is 2.00 bits per heavy atom. The fraction of sp³-hybridized carbons (Fsp3) is 0.167. The van der Waals surface area contributed by atoms with E-state index in [1.54, 1.807) is 37.5 Å².